The molecule has 4 rings (SSSR count). The molecule has 0 spiro atoms. The highest BCUT2D eigenvalue weighted by atomic mass is 16.6. The van der Waals surface area contributed by atoms with Gasteiger partial charge in [0.25, 0.3) is 0 Å². The van der Waals surface area contributed by atoms with Gasteiger partial charge in [-0.2, -0.15) is 0 Å². The smallest absolute Gasteiger partial charge is 0.312 e. The van der Waals surface area contributed by atoms with E-state index >= 15 is 0 Å². The second-order valence-electron chi connectivity index (χ2n) is 9.10. The molecule has 0 radical (unpaired) electrons. The van der Waals surface area contributed by atoms with E-state index in [1.54, 1.807) is 24.3 Å². The van der Waals surface area contributed by atoms with Crippen LogP contribution in [0.25, 0.3) is 0 Å². The Kier molecular flexibility index (Phi) is 6.32. The third-order valence-electron chi connectivity index (χ3n) is 7.45. The molecule has 180 valence electrons. The molecule has 8 unspecified atom stereocenters. The fourth-order valence-electron chi connectivity index (χ4n) is 5.11. The van der Waals surface area contributed by atoms with Gasteiger partial charge in [-0.25, -0.2) is 0 Å². The number of ether oxygens (including phenoxy) is 4. The van der Waals surface area contributed by atoms with Gasteiger partial charge in [-0.05, 0) is 12.8 Å². The number of carbonyl (C=O) groups is 4. The first-order valence-corrected chi connectivity index (χ1v) is 11.2. The van der Waals surface area contributed by atoms with E-state index in [2.05, 4.69) is 0 Å². The Morgan fingerprint density at radius 2 is 1.03 bits per heavy atom. The molecule has 2 fully saturated rings. The van der Waals surface area contributed by atoms with Gasteiger partial charge in [0, 0.05) is 5.41 Å². The Morgan fingerprint density at radius 1 is 0.697 bits per heavy atom. The molecule has 33 heavy (non-hydrogen) atoms. The second kappa shape index (κ2) is 8.90. The number of carboxylic acids is 2. The number of hydrogen-bond acceptors (Lipinski definition) is 8. The van der Waals surface area contributed by atoms with Crippen molar-refractivity contribution in [3.8, 4) is 0 Å². The summed E-state index contributed by atoms with van der Waals surface area (Å²) >= 11 is 0. The van der Waals surface area contributed by atoms with Crippen molar-refractivity contribution in [1.82, 2.24) is 0 Å². The largest absolute Gasteiger partial charge is 0.481 e. The average Bonchev–Trinajstić information content (AvgIpc) is 3.59. The van der Waals surface area contributed by atoms with Crippen molar-refractivity contribution >= 4 is 23.9 Å². The monoisotopic (exact) mass is 464 g/mol. The van der Waals surface area contributed by atoms with E-state index in [0.717, 1.165) is 0 Å². The van der Waals surface area contributed by atoms with Crippen LogP contribution in [0.15, 0.2) is 24.3 Å². The van der Waals surface area contributed by atoms with Crippen molar-refractivity contribution in [2.24, 2.45) is 29.1 Å². The molecule has 4 heterocycles. The van der Waals surface area contributed by atoms with Gasteiger partial charge in [0.05, 0.1) is 24.4 Å². The van der Waals surface area contributed by atoms with Crippen LogP contribution in [0, 0.1) is 29.1 Å². The van der Waals surface area contributed by atoms with E-state index in [0.29, 0.717) is 12.8 Å². The summed E-state index contributed by atoms with van der Waals surface area (Å²) in [7, 11) is 0. The number of carbonyl (C=O) groups excluding carboxylic acids is 2. The summed E-state index contributed by atoms with van der Waals surface area (Å²) in [5.74, 6) is -7.40. The minimum Gasteiger partial charge on any atom is -0.481 e. The molecule has 8 atom stereocenters. The molecule has 10 heteroatoms. The molecule has 0 aromatic heterocycles. The molecule has 4 bridgehead atoms. The first-order chi connectivity index (χ1) is 15.7. The van der Waals surface area contributed by atoms with Crippen LogP contribution in [-0.2, 0) is 38.1 Å². The quantitative estimate of drug-likeness (QED) is 0.357. The first-order valence-electron chi connectivity index (χ1n) is 11.2. The van der Waals surface area contributed by atoms with Crippen molar-refractivity contribution in [1.29, 1.82) is 0 Å². The van der Waals surface area contributed by atoms with Crippen LogP contribution in [0.3, 0.4) is 0 Å². The number of carboxylic acid groups (broad SMARTS) is 2. The van der Waals surface area contributed by atoms with E-state index in [1.165, 1.54) is 0 Å². The standard InChI is InChI=1S/C23H28O10/c1-3-23(4-2,9-30-21(28)17-13-7-5-11(32-13)15(17)19(24)25)10-31-22(29)18-14-8-6-12(33-14)16(18)20(26)27/h5-8,11-18H,3-4,9-10H2,1-2H3,(H,24,25)(H,26,27). The Balaban J connectivity index is 1.37. The van der Waals surface area contributed by atoms with Gasteiger partial charge in [-0.3, -0.25) is 19.2 Å². The number of esters is 2. The number of rotatable bonds is 10. The molecule has 4 aliphatic rings. The van der Waals surface area contributed by atoms with Crippen LogP contribution < -0.4 is 0 Å². The zero-order valence-corrected chi connectivity index (χ0v) is 18.4. The molecule has 0 aromatic rings. The Morgan fingerprint density at radius 3 is 1.33 bits per heavy atom. The Bertz CT molecular complexity index is 820. The van der Waals surface area contributed by atoms with Gasteiger partial charge in [0.1, 0.15) is 36.9 Å². The summed E-state index contributed by atoms with van der Waals surface area (Å²) in [6.07, 6.45) is 5.15. The summed E-state index contributed by atoms with van der Waals surface area (Å²) < 4.78 is 22.1. The molecule has 2 N–H and O–H groups in total. The summed E-state index contributed by atoms with van der Waals surface area (Å²) in [5, 5.41) is 19.0. The minimum absolute atomic E-state index is 0.0640. The molecule has 2 saturated heterocycles. The molecule has 0 aliphatic carbocycles. The summed E-state index contributed by atoms with van der Waals surface area (Å²) in [4.78, 5) is 48.8. The van der Waals surface area contributed by atoms with Crippen molar-refractivity contribution in [2.75, 3.05) is 13.2 Å². The fraction of sp³-hybridized carbons (Fsp3) is 0.652. The number of aliphatic carboxylic acids is 2. The lowest BCUT2D eigenvalue weighted by Crippen LogP contribution is -2.41. The summed E-state index contributed by atoms with van der Waals surface area (Å²) in [5.41, 5.74) is -0.689. The SMILES string of the molecule is CCC(CC)(COC(=O)C1C2C=CC(O2)C1C(=O)O)COC(=O)C1C2C=CC(O2)C1C(=O)O. The molecule has 0 saturated carbocycles. The van der Waals surface area contributed by atoms with Crippen LogP contribution in [0.1, 0.15) is 26.7 Å². The van der Waals surface area contributed by atoms with E-state index in [-0.39, 0.29) is 13.2 Å². The number of fused-ring (bicyclic) bond motifs is 4. The van der Waals surface area contributed by atoms with E-state index in [1.807, 2.05) is 13.8 Å². The van der Waals surface area contributed by atoms with E-state index in [9.17, 15) is 29.4 Å². The Hall–Kier alpha value is -2.72. The molecular formula is C23H28O10. The maximum absolute atomic E-state index is 12.8. The normalized spacial score (nSPS) is 35.7. The Labute approximate surface area is 190 Å². The predicted molar refractivity (Wildman–Crippen MR) is 110 cm³/mol. The van der Waals surface area contributed by atoms with Crippen molar-refractivity contribution < 1.29 is 48.3 Å². The zero-order valence-electron chi connectivity index (χ0n) is 18.4. The van der Waals surface area contributed by atoms with E-state index < -0.39 is 77.4 Å². The third-order valence-corrected chi connectivity index (χ3v) is 7.45. The highest BCUT2D eigenvalue weighted by molar-refractivity contribution is 5.85. The van der Waals surface area contributed by atoms with Crippen molar-refractivity contribution in [3.63, 3.8) is 0 Å². The molecule has 4 aliphatic heterocycles. The van der Waals surface area contributed by atoms with Crippen molar-refractivity contribution in [3.05, 3.63) is 24.3 Å². The van der Waals surface area contributed by atoms with Crippen molar-refractivity contribution in [2.45, 2.75) is 51.1 Å². The predicted octanol–water partition coefficient (Wildman–Crippen LogP) is 1.19. The van der Waals surface area contributed by atoms with Crippen LogP contribution >= 0.6 is 0 Å². The van der Waals surface area contributed by atoms with Gasteiger partial charge in [0.15, 0.2) is 0 Å². The summed E-state index contributed by atoms with van der Waals surface area (Å²) in [6.45, 7) is 3.62. The number of hydrogen-bond donors (Lipinski definition) is 2. The lowest BCUT2D eigenvalue weighted by molar-refractivity contribution is -0.166. The molecule has 0 amide bonds. The lowest BCUT2D eigenvalue weighted by Gasteiger charge is -2.32. The van der Waals surface area contributed by atoms with Crippen LogP contribution in [0.2, 0.25) is 0 Å². The topological polar surface area (TPSA) is 146 Å². The third kappa shape index (κ3) is 4.06. The maximum atomic E-state index is 12.8. The average molecular weight is 464 g/mol. The second-order valence-corrected chi connectivity index (χ2v) is 9.10. The highest BCUT2D eigenvalue weighted by Gasteiger charge is 2.55. The van der Waals surface area contributed by atoms with Crippen LogP contribution in [-0.4, -0.2) is 71.7 Å². The van der Waals surface area contributed by atoms with E-state index in [4.69, 9.17) is 18.9 Å². The van der Waals surface area contributed by atoms with Gasteiger partial charge >= 0.3 is 23.9 Å². The summed E-state index contributed by atoms with van der Waals surface area (Å²) in [6, 6.07) is 0. The molecule has 0 aromatic carbocycles. The van der Waals surface area contributed by atoms with Gasteiger partial charge < -0.3 is 29.2 Å². The minimum atomic E-state index is -1.12. The molecule has 10 nitrogen and oxygen atoms in total. The fourth-order valence-corrected chi connectivity index (χ4v) is 5.11. The highest BCUT2D eigenvalue weighted by Crippen LogP contribution is 2.42. The van der Waals surface area contributed by atoms with Gasteiger partial charge in [-0.1, -0.05) is 38.2 Å². The maximum Gasteiger partial charge on any atom is 0.312 e. The van der Waals surface area contributed by atoms with Gasteiger partial charge in [-0.15, -0.1) is 0 Å². The molecular weight excluding hydrogens is 436 g/mol. The zero-order chi connectivity index (χ0) is 23.9. The van der Waals surface area contributed by atoms with Gasteiger partial charge in [0.2, 0.25) is 0 Å². The van der Waals surface area contributed by atoms with Crippen LogP contribution in [0.4, 0.5) is 0 Å². The lowest BCUT2D eigenvalue weighted by atomic mass is 9.82. The van der Waals surface area contributed by atoms with Crippen LogP contribution in [0.5, 0.6) is 0 Å². The first kappa shape index (κ1) is 23.4.